The summed E-state index contributed by atoms with van der Waals surface area (Å²) in [7, 11) is 0. The third-order valence-electron chi connectivity index (χ3n) is 4.71. The number of ether oxygens (including phenoxy) is 2. The van der Waals surface area contributed by atoms with E-state index >= 15 is 0 Å². The highest BCUT2D eigenvalue weighted by Crippen LogP contribution is 2.17. The molecule has 30 heavy (non-hydrogen) atoms. The Balaban J connectivity index is 2.91. The first-order chi connectivity index (χ1) is 13.8. The van der Waals surface area contributed by atoms with E-state index in [0.717, 1.165) is 32.1 Å². The van der Waals surface area contributed by atoms with Crippen LogP contribution in [0.15, 0.2) is 0 Å². The molecule has 0 unspecified atom stereocenters. The Morgan fingerprint density at radius 1 is 1.07 bits per heavy atom. The van der Waals surface area contributed by atoms with E-state index in [2.05, 4.69) is 23.3 Å². The summed E-state index contributed by atoms with van der Waals surface area (Å²) in [5.41, 5.74) is -1.17. The zero-order valence-corrected chi connectivity index (χ0v) is 20.3. The normalized spacial score (nSPS) is 22.6. The van der Waals surface area contributed by atoms with Crippen LogP contribution in [-0.2, 0) is 23.9 Å². The van der Waals surface area contributed by atoms with Crippen LogP contribution in [0.5, 0.6) is 0 Å². The third-order valence-corrected chi connectivity index (χ3v) is 5.15. The van der Waals surface area contributed by atoms with Gasteiger partial charge in [0.05, 0.1) is 12.2 Å². The molecule has 1 heterocycles. The molecule has 0 aromatic heterocycles. The standard InChI is InChI=1S/C22H40N2O5S/c1-21(2,3)28-13-17(20(27)29-22(4,5)6)24-19(26)16-12-10-8-7-9-11-15(14-30)18(25)23-16/h15-17,30H,7-14H2,1-6H3,(H,23,25)(H,24,26)/t15-,16-,17+/m1/s1. The van der Waals surface area contributed by atoms with E-state index in [1.807, 2.05) is 20.8 Å². The van der Waals surface area contributed by atoms with Gasteiger partial charge in [0, 0.05) is 11.7 Å². The summed E-state index contributed by atoms with van der Waals surface area (Å²) in [4.78, 5) is 38.3. The minimum absolute atomic E-state index is 0.00984. The number of thiol groups is 1. The summed E-state index contributed by atoms with van der Waals surface area (Å²) in [6.45, 7) is 10.9. The maximum atomic E-state index is 13.0. The molecule has 0 saturated carbocycles. The lowest BCUT2D eigenvalue weighted by Gasteiger charge is -2.29. The first-order valence-corrected chi connectivity index (χ1v) is 11.5. The number of hydrogen-bond donors (Lipinski definition) is 3. The van der Waals surface area contributed by atoms with Crippen molar-refractivity contribution in [2.75, 3.05) is 12.4 Å². The number of esters is 1. The first-order valence-electron chi connectivity index (χ1n) is 10.9. The SMILES string of the molecule is CC(C)(C)OC[C@H](NC(=O)[C@H]1CCCCCC[C@H](CS)C(=O)N1)C(=O)OC(C)(C)C. The van der Waals surface area contributed by atoms with Crippen LogP contribution in [0, 0.1) is 5.92 Å². The van der Waals surface area contributed by atoms with E-state index in [0.29, 0.717) is 12.2 Å². The molecular formula is C22H40N2O5S. The van der Waals surface area contributed by atoms with Crippen LogP contribution >= 0.6 is 12.6 Å². The van der Waals surface area contributed by atoms with Crippen LogP contribution in [0.2, 0.25) is 0 Å². The molecule has 0 aliphatic carbocycles. The van der Waals surface area contributed by atoms with Gasteiger partial charge in [-0.3, -0.25) is 9.59 Å². The minimum Gasteiger partial charge on any atom is -0.458 e. The van der Waals surface area contributed by atoms with Crippen LogP contribution in [0.4, 0.5) is 0 Å². The van der Waals surface area contributed by atoms with Gasteiger partial charge in [0.1, 0.15) is 11.6 Å². The third kappa shape index (κ3) is 10.7. The predicted octanol–water partition coefficient (Wildman–Crippen LogP) is 3.01. The first kappa shape index (κ1) is 26.8. The predicted molar refractivity (Wildman–Crippen MR) is 120 cm³/mol. The van der Waals surface area contributed by atoms with Crippen molar-refractivity contribution in [2.45, 2.75) is 103 Å². The smallest absolute Gasteiger partial charge is 0.331 e. The molecule has 1 aliphatic rings. The topological polar surface area (TPSA) is 93.7 Å². The summed E-state index contributed by atoms with van der Waals surface area (Å²) < 4.78 is 11.2. The highest BCUT2D eigenvalue weighted by molar-refractivity contribution is 7.80. The second-order valence-electron chi connectivity index (χ2n) is 9.95. The largest absolute Gasteiger partial charge is 0.458 e. The Morgan fingerprint density at radius 3 is 2.20 bits per heavy atom. The number of rotatable bonds is 6. The average molecular weight is 445 g/mol. The number of carbonyl (C=O) groups is 3. The number of carbonyl (C=O) groups excluding carboxylic acids is 3. The van der Waals surface area contributed by atoms with E-state index in [-0.39, 0.29) is 18.4 Å². The fraction of sp³-hybridized carbons (Fsp3) is 0.864. The van der Waals surface area contributed by atoms with Crippen molar-refractivity contribution < 1.29 is 23.9 Å². The van der Waals surface area contributed by atoms with Crippen LogP contribution in [0.25, 0.3) is 0 Å². The average Bonchev–Trinajstić information content (AvgIpc) is 2.60. The molecule has 0 bridgehead atoms. The zero-order valence-electron chi connectivity index (χ0n) is 19.4. The lowest BCUT2D eigenvalue weighted by molar-refractivity contribution is -0.162. The van der Waals surface area contributed by atoms with E-state index in [1.165, 1.54) is 0 Å². The number of nitrogens with one attached hydrogen (secondary N) is 2. The van der Waals surface area contributed by atoms with Crippen molar-refractivity contribution in [3.8, 4) is 0 Å². The molecule has 7 nitrogen and oxygen atoms in total. The molecular weight excluding hydrogens is 404 g/mol. The fourth-order valence-electron chi connectivity index (χ4n) is 3.10. The van der Waals surface area contributed by atoms with E-state index in [1.54, 1.807) is 20.8 Å². The van der Waals surface area contributed by atoms with Gasteiger partial charge < -0.3 is 20.1 Å². The molecule has 2 amide bonds. The summed E-state index contributed by atoms with van der Waals surface area (Å²) in [5.74, 6) is -0.880. The summed E-state index contributed by atoms with van der Waals surface area (Å²) in [5, 5.41) is 5.61. The molecule has 1 aliphatic heterocycles. The van der Waals surface area contributed by atoms with Gasteiger partial charge in [0.15, 0.2) is 6.04 Å². The Morgan fingerprint density at radius 2 is 1.67 bits per heavy atom. The van der Waals surface area contributed by atoms with Gasteiger partial charge in [-0.05, 0) is 54.4 Å². The van der Waals surface area contributed by atoms with Crippen molar-refractivity contribution >= 4 is 30.4 Å². The summed E-state index contributed by atoms with van der Waals surface area (Å²) in [6, 6.07) is -1.65. The Kier molecular flexibility index (Phi) is 10.6. The quantitative estimate of drug-likeness (QED) is 0.433. The molecule has 3 atom stereocenters. The van der Waals surface area contributed by atoms with Gasteiger partial charge in [0.25, 0.3) is 0 Å². The van der Waals surface area contributed by atoms with Gasteiger partial charge in [-0.2, -0.15) is 12.6 Å². The van der Waals surface area contributed by atoms with Crippen molar-refractivity contribution in [1.29, 1.82) is 0 Å². The van der Waals surface area contributed by atoms with Gasteiger partial charge >= 0.3 is 5.97 Å². The van der Waals surface area contributed by atoms with Crippen molar-refractivity contribution in [1.82, 2.24) is 10.6 Å². The van der Waals surface area contributed by atoms with Gasteiger partial charge in [-0.15, -0.1) is 0 Å². The monoisotopic (exact) mass is 444 g/mol. The second-order valence-corrected chi connectivity index (χ2v) is 10.3. The molecule has 1 saturated heterocycles. The Bertz CT molecular complexity index is 583. The lowest BCUT2D eigenvalue weighted by Crippen LogP contribution is -2.55. The minimum atomic E-state index is -0.955. The van der Waals surface area contributed by atoms with Crippen molar-refractivity contribution in [2.24, 2.45) is 5.92 Å². The highest BCUT2D eigenvalue weighted by atomic mass is 32.1. The maximum Gasteiger partial charge on any atom is 0.331 e. The molecule has 0 aromatic carbocycles. The number of hydrogen-bond acceptors (Lipinski definition) is 6. The lowest BCUT2D eigenvalue weighted by atomic mass is 9.97. The van der Waals surface area contributed by atoms with Gasteiger partial charge in [-0.25, -0.2) is 4.79 Å². The molecule has 174 valence electrons. The van der Waals surface area contributed by atoms with Crippen LogP contribution in [0.3, 0.4) is 0 Å². The van der Waals surface area contributed by atoms with Crippen LogP contribution < -0.4 is 10.6 Å². The van der Waals surface area contributed by atoms with E-state index in [9.17, 15) is 14.4 Å². The molecule has 0 spiro atoms. The van der Waals surface area contributed by atoms with Gasteiger partial charge in [-0.1, -0.05) is 25.7 Å². The maximum absolute atomic E-state index is 13.0. The molecule has 0 aromatic rings. The Hall–Kier alpha value is -1.28. The highest BCUT2D eigenvalue weighted by Gasteiger charge is 2.32. The molecule has 2 N–H and O–H groups in total. The van der Waals surface area contributed by atoms with E-state index < -0.39 is 35.2 Å². The van der Waals surface area contributed by atoms with Crippen LogP contribution in [0.1, 0.15) is 80.1 Å². The van der Waals surface area contributed by atoms with Crippen molar-refractivity contribution in [3.63, 3.8) is 0 Å². The molecule has 0 radical (unpaired) electrons. The summed E-state index contributed by atoms with van der Waals surface area (Å²) in [6.07, 6.45) is 5.15. The Labute approximate surface area is 186 Å². The molecule has 1 rings (SSSR count). The zero-order chi connectivity index (χ0) is 22.9. The van der Waals surface area contributed by atoms with E-state index in [4.69, 9.17) is 9.47 Å². The fourth-order valence-corrected chi connectivity index (χ4v) is 3.45. The summed E-state index contributed by atoms with van der Waals surface area (Å²) >= 11 is 4.29. The second kappa shape index (κ2) is 11.9. The van der Waals surface area contributed by atoms with Gasteiger partial charge in [0.2, 0.25) is 11.8 Å². The molecule has 8 heteroatoms. The molecule has 1 fully saturated rings. The number of amides is 2. The van der Waals surface area contributed by atoms with Crippen LogP contribution in [-0.4, -0.2) is 53.4 Å². The van der Waals surface area contributed by atoms with Crippen molar-refractivity contribution in [3.05, 3.63) is 0 Å².